The zero-order valence-corrected chi connectivity index (χ0v) is 16.4. The molecule has 28 heavy (non-hydrogen) atoms. The Labute approximate surface area is 163 Å². The maximum absolute atomic E-state index is 12.8. The Balaban J connectivity index is 1.88. The van der Waals surface area contributed by atoms with Crippen LogP contribution in [0, 0.1) is 17.1 Å². The normalized spacial score (nSPS) is 13.2. The SMILES string of the molecule is CC(CCNC(=O)Oc1ccc(F)cc1)S(=O)(=O)C(C)c1ccc(C#N)cc1. The number of hydrogen-bond acceptors (Lipinski definition) is 5. The lowest BCUT2D eigenvalue weighted by molar-refractivity contribution is 0.200. The molecule has 2 aromatic carbocycles. The molecule has 1 amide bonds. The van der Waals surface area contributed by atoms with Crippen LogP contribution in [-0.2, 0) is 9.84 Å². The van der Waals surface area contributed by atoms with E-state index in [1.807, 2.05) is 6.07 Å². The molecule has 0 aliphatic carbocycles. The van der Waals surface area contributed by atoms with Crippen LogP contribution in [0.15, 0.2) is 48.5 Å². The van der Waals surface area contributed by atoms with Crippen molar-refractivity contribution in [1.29, 1.82) is 5.26 Å². The van der Waals surface area contributed by atoms with Crippen LogP contribution >= 0.6 is 0 Å². The van der Waals surface area contributed by atoms with Gasteiger partial charge in [0.05, 0.1) is 22.1 Å². The van der Waals surface area contributed by atoms with Crippen LogP contribution < -0.4 is 10.1 Å². The van der Waals surface area contributed by atoms with E-state index in [4.69, 9.17) is 10.00 Å². The summed E-state index contributed by atoms with van der Waals surface area (Å²) in [6.45, 7) is 3.30. The molecule has 148 valence electrons. The van der Waals surface area contributed by atoms with Crippen LogP contribution in [0.5, 0.6) is 5.75 Å². The largest absolute Gasteiger partial charge is 0.412 e. The van der Waals surface area contributed by atoms with Gasteiger partial charge in [-0.3, -0.25) is 0 Å². The second-order valence-electron chi connectivity index (χ2n) is 6.33. The van der Waals surface area contributed by atoms with Crippen molar-refractivity contribution in [3.63, 3.8) is 0 Å². The van der Waals surface area contributed by atoms with Gasteiger partial charge >= 0.3 is 6.09 Å². The van der Waals surface area contributed by atoms with Crippen LogP contribution in [0.3, 0.4) is 0 Å². The number of rotatable bonds is 7. The molecule has 2 rings (SSSR count). The number of carbonyl (C=O) groups is 1. The summed E-state index contributed by atoms with van der Waals surface area (Å²) in [5, 5.41) is 9.89. The smallest absolute Gasteiger partial charge is 0.410 e. The first-order valence-corrected chi connectivity index (χ1v) is 10.3. The van der Waals surface area contributed by atoms with Crippen molar-refractivity contribution in [2.24, 2.45) is 0 Å². The van der Waals surface area contributed by atoms with Gasteiger partial charge in [-0.1, -0.05) is 12.1 Å². The van der Waals surface area contributed by atoms with Crippen LogP contribution in [0.2, 0.25) is 0 Å². The van der Waals surface area contributed by atoms with E-state index in [1.165, 1.54) is 24.3 Å². The molecule has 0 fully saturated rings. The molecule has 0 radical (unpaired) electrons. The molecule has 0 aromatic heterocycles. The van der Waals surface area contributed by atoms with Gasteiger partial charge in [-0.25, -0.2) is 17.6 Å². The number of benzene rings is 2. The number of hydrogen-bond donors (Lipinski definition) is 1. The maximum atomic E-state index is 12.8. The average molecular weight is 404 g/mol. The quantitative estimate of drug-likeness (QED) is 0.758. The number of ether oxygens (including phenoxy) is 1. The van der Waals surface area contributed by atoms with E-state index in [0.717, 1.165) is 0 Å². The number of halogens is 1. The summed E-state index contributed by atoms with van der Waals surface area (Å²) >= 11 is 0. The molecule has 0 spiro atoms. The fraction of sp³-hybridized carbons (Fsp3) is 0.300. The molecule has 0 aliphatic rings. The molecule has 0 saturated heterocycles. The highest BCUT2D eigenvalue weighted by atomic mass is 32.2. The maximum Gasteiger partial charge on any atom is 0.412 e. The molecule has 2 aromatic rings. The summed E-state index contributed by atoms with van der Waals surface area (Å²) < 4.78 is 43.3. The van der Waals surface area contributed by atoms with Gasteiger partial charge < -0.3 is 10.1 Å². The van der Waals surface area contributed by atoms with E-state index in [-0.39, 0.29) is 18.7 Å². The Kier molecular flexibility index (Phi) is 7.12. The fourth-order valence-corrected chi connectivity index (χ4v) is 4.23. The monoisotopic (exact) mass is 404 g/mol. The molecule has 6 nitrogen and oxygen atoms in total. The lowest BCUT2D eigenvalue weighted by Gasteiger charge is -2.19. The Morgan fingerprint density at radius 3 is 2.32 bits per heavy atom. The number of nitrogens with zero attached hydrogens (tertiary/aromatic N) is 1. The van der Waals surface area contributed by atoms with Gasteiger partial charge in [0.15, 0.2) is 9.84 Å². The van der Waals surface area contributed by atoms with Crippen LogP contribution in [0.4, 0.5) is 9.18 Å². The van der Waals surface area contributed by atoms with Gasteiger partial charge in [-0.15, -0.1) is 0 Å². The third-order valence-corrected chi connectivity index (χ3v) is 7.02. The summed E-state index contributed by atoms with van der Waals surface area (Å²) in [5.41, 5.74) is 1.07. The highest BCUT2D eigenvalue weighted by Crippen LogP contribution is 2.27. The van der Waals surface area contributed by atoms with E-state index < -0.39 is 32.2 Å². The van der Waals surface area contributed by atoms with E-state index in [1.54, 1.807) is 38.1 Å². The van der Waals surface area contributed by atoms with Crippen molar-refractivity contribution in [3.05, 3.63) is 65.5 Å². The molecule has 2 atom stereocenters. The van der Waals surface area contributed by atoms with E-state index >= 15 is 0 Å². The lowest BCUT2D eigenvalue weighted by atomic mass is 10.1. The Morgan fingerprint density at radius 2 is 1.75 bits per heavy atom. The van der Waals surface area contributed by atoms with Crippen molar-refractivity contribution in [3.8, 4) is 11.8 Å². The van der Waals surface area contributed by atoms with E-state index in [9.17, 15) is 17.6 Å². The number of nitrogens with one attached hydrogen (secondary N) is 1. The first-order valence-electron chi connectivity index (χ1n) is 8.68. The molecule has 1 N–H and O–H groups in total. The topological polar surface area (TPSA) is 96.3 Å². The molecule has 2 unspecified atom stereocenters. The van der Waals surface area contributed by atoms with Crippen molar-refractivity contribution in [2.75, 3.05) is 6.54 Å². The Bertz CT molecular complexity index is 951. The lowest BCUT2D eigenvalue weighted by Crippen LogP contribution is -2.32. The number of sulfone groups is 1. The average Bonchev–Trinajstić information content (AvgIpc) is 2.69. The molecular weight excluding hydrogens is 383 g/mol. The minimum absolute atomic E-state index is 0.112. The van der Waals surface area contributed by atoms with Crippen LogP contribution in [0.25, 0.3) is 0 Å². The second-order valence-corrected chi connectivity index (χ2v) is 9.02. The van der Waals surface area contributed by atoms with Gasteiger partial charge in [0.2, 0.25) is 0 Å². The standard InChI is InChI=1S/C20H21FN2O4S/c1-14(11-12-23-20(24)27-19-9-7-18(21)8-10-19)28(25,26)15(2)17-5-3-16(13-22)4-6-17/h3-10,14-15H,11-12H2,1-2H3,(H,23,24). The molecule has 0 saturated carbocycles. The summed E-state index contributed by atoms with van der Waals surface area (Å²) in [4.78, 5) is 11.7. The van der Waals surface area contributed by atoms with Crippen molar-refractivity contribution < 1.29 is 22.3 Å². The molecule has 0 aliphatic heterocycles. The predicted molar refractivity (Wildman–Crippen MR) is 103 cm³/mol. The summed E-state index contributed by atoms with van der Waals surface area (Å²) in [6, 6.07) is 13.4. The fourth-order valence-electron chi connectivity index (χ4n) is 2.55. The Hall–Kier alpha value is -2.92. The summed E-state index contributed by atoms with van der Waals surface area (Å²) in [6.07, 6.45) is -0.530. The molecular formula is C20H21FN2O4S. The van der Waals surface area contributed by atoms with Gasteiger partial charge in [0.1, 0.15) is 11.6 Å². The molecule has 0 bridgehead atoms. The number of nitriles is 1. The second kappa shape index (κ2) is 9.33. The minimum atomic E-state index is -3.49. The number of amides is 1. The van der Waals surface area contributed by atoms with Crippen molar-refractivity contribution in [1.82, 2.24) is 5.32 Å². The van der Waals surface area contributed by atoms with Crippen LogP contribution in [-0.4, -0.2) is 26.3 Å². The Morgan fingerprint density at radius 1 is 1.14 bits per heavy atom. The van der Waals surface area contributed by atoms with E-state index in [0.29, 0.717) is 11.1 Å². The number of carbonyl (C=O) groups excluding carboxylic acids is 1. The first kappa shape index (κ1) is 21.4. The van der Waals surface area contributed by atoms with Gasteiger partial charge in [0, 0.05) is 6.54 Å². The highest BCUT2D eigenvalue weighted by Gasteiger charge is 2.28. The zero-order chi connectivity index (χ0) is 20.7. The summed E-state index contributed by atoms with van der Waals surface area (Å²) in [7, 11) is -3.49. The third-order valence-electron chi connectivity index (χ3n) is 4.41. The molecule has 8 heteroatoms. The predicted octanol–water partition coefficient (Wildman–Crippen LogP) is 3.74. The van der Waals surface area contributed by atoms with E-state index in [2.05, 4.69) is 5.32 Å². The van der Waals surface area contributed by atoms with Crippen LogP contribution in [0.1, 0.15) is 36.6 Å². The van der Waals surface area contributed by atoms with Gasteiger partial charge in [0.25, 0.3) is 0 Å². The van der Waals surface area contributed by atoms with Gasteiger partial charge in [-0.05, 0) is 62.2 Å². The van der Waals surface area contributed by atoms with Crippen molar-refractivity contribution >= 4 is 15.9 Å². The van der Waals surface area contributed by atoms with Gasteiger partial charge in [-0.2, -0.15) is 5.26 Å². The third kappa shape index (κ3) is 5.54. The highest BCUT2D eigenvalue weighted by molar-refractivity contribution is 7.92. The first-order chi connectivity index (χ1) is 13.2. The summed E-state index contributed by atoms with van der Waals surface area (Å²) in [5.74, 6) is -0.253. The van der Waals surface area contributed by atoms with Crippen molar-refractivity contribution in [2.45, 2.75) is 30.8 Å². The molecule has 0 heterocycles. The zero-order valence-electron chi connectivity index (χ0n) is 15.6. The minimum Gasteiger partial charge on any atom is -0.410 e.